The van der Waals surface area contributed by atoms with Crippen LogP contribution in [-0.4, -0.2) is 4.98 Å². The average molecular weight is 352 g/mol. The van der Waals surface area contributed by atoms with E-state index in [2.05, 4.69) is 10.3 Å². The summed E-state index contributed by atoms with van der Waals surface area (Å²) in [4.78, 5) is 3.96. The van der Waals surface area contributed by atoms with E-state index in [0.717, 1.165) is 0 Å². The van der Waals surface area contributed by atoms with Crippen LogP contribution in [0.2, 0.25) is 5.02 Å². The van der Waals surface area contributed by atoms with Crippen molar-refractivity contribution < 1.29 is 8.78 Å². The Labute approximate surface area is 141 Å². The first-order valence-electron chi connectivity index (χ1n) is 6.29. The molecule has 0 fully saturated rings. The molecule has 0 atom stereocenters. The molecule has 3 rings (SSSR count). The first kappa shape index (κ1) is 16.9. The van der Waals surface area contributed by atoms with Crippen LogP contribution in [0.15, 0.2) is 42.6 Å². The predicted molar refractivity (Wildman–Crippen MR) is 88.4 cm³/mol. The summed E-state index contributed by atoms with van der Waals surface area (Å²) in [5, 5.41) is 12.6. The smallest absolute Gasteiger partial charge is 0.149 e. The van der Waals surface area contributed by atoms with Gasteiger partial charge in [-0.2, -0.15) is 5.26 Å². The highest BCUT2D eigenvalue weighted by Crippen LogP contribution is 2.31. The summed E-state index contributed by atoms with van der Waals surface area (Å²) in [6.45, 7) is 0. The topological polar surface area (TPSA) is 48.7 Å². The summed E-state index contributed by atoms with van der Waals surface area (Å²) in [5.41, 5.74) is 1.28. The third-order valence-electron chi connectivity index (χ3n) is 3.16. The lowest BCUT2D eigenvalue weighted by Gasteiger charge is -2.12. The second kappa shape index (κ2) is 6.78. The quantitative estimate of drug-likeness (QED) is 0.689. The highest BCUT2D eigenvalue weighted by atomic mass is 35.5. The van der Waals surface area contributed by atoms with Crippen LogP contribution >= 0.6 is 24.0 Å². The van der Waals surface area contributed by atoms with Gasteiger partial charge in [0.25, 0.3) is 0 Å². The predicted octanol–water partition coefficient (Wildman–Crippen LogP) is 5.20. The molecule has 7 heteroatoms. The van der Waals surface area contributed by atoms with E-state index in [9.17, 15) is 14.0 Å². The number of nitrogens with zero attached hydrogens (tertiary/aromatic N) is 2. The molecule has 116 valence electrons. The van der Waals surface area contributed by atoms with Crippen LogP contribution in [0.3, 0.4) is 0 Å². The fourth-order valence-electron chi connectivity index (χ4n) is 2.12. The van der Waals surface area contributed by atoms with Gasteiger partial charge in [-0.15, -0.1) is 12.4 Å². The molecule has 23 heavy (non-hydrogen) atoms. The number of nitriles is 1. The molecule has 0 spiro atoms. The lowest BCUT2D eigenvalue weighted by atomic mass is 10.1. The lowest BCUT2D eigenvalue weighted by Crippen LogP contribution is -1.98. The molecule has 0 saturated heterocycles. The van der Waals surface area contributed by atoms with Gasteiger partial charge in [0.1, 0.15) is 23.2 Å². The minimum atomic E-state index is -0.543. The Balaban J connectivity index is 0.00000192. The van der Waals surface area contributed by atoms with Gasteiger partial charge < -0.3 is 5.32 Å². The third kappa shape index (κ3) is 3.19. The van der Waals surface area contributed by atoms with Crippen LogP contribution in [0.5, 0.6) is 0 Å². The number of halogens is 4. The van der Waals surface area contributed by atoms with Gasteiger partial charge in [-0.1, -0.05) is 23.7 Å². The van der Waals surface area contributed by atoms with E-state index in [-0.39, 0.29) is 28.5 Å². The van der Waals surface area contributed by atoms with E-state index in [4.69, 9.17) is 11.6 Å². The fraction of sp³-hybridized carbons (Fsp3) is 0. The Morgan fingerprint density at radius 2 is 1.91 bits per heavy atom. The minimum Gasteiger partial charge on any atom is -0.354 e. The van der Waals surface area contributed by atoms with Crippen molar-refractivity contribution in [1.82, 2.24) is 4.98 Å². The number of anilines is 2. The summed E-state index contributed by atoms with van der Waals surface area (Å²) in [7, 11) is 0. The zero-order valence-corrected chi connectivity index (χ0v) is 13.1. The van der Waals surface area contributed by atoms with E-state index in [1.165, 1.54) is 36.5 Å². The number of fused-ring (bicyclic) bond motifs is 1. The molecular weight excluding hydrogens is 343 g/mol. The van der Waals surface area contributed by atoms with Crippen LogP contribution in [0.1, 0.15) is 5.56 Å². The van der Waals surface area contributed by atoms with Crippen molar-refractivity contribution in [3.63, 3.8) is 0 Å². The molecule has 2 aromatic carbocycles. The zero-order chi connectivity index (χ0) is 15.7. The SMILES string of the molecule is Cl.N#Cc1cnc2c(F)cccc2c1Nc1ccc(F)c(Cl)c1. The van der Waals surface area contributed by atoms with Crippen LogP contribution in [0, 0.1) is 23.0 Å². The lowest BCUT2D eigenvalue weighted by molar-refractivity contribution is 0.628. The maximum Gasteiger partial charge on any atom is 0.149 e. The third-order valence-corrected chi connectivity index (χ3v) is 3.45. The van der Waals surface area contributed by atoms with E-state index >= 15 is 0 Å². The van der Waals surface area contributed by atoms with Gasteiger partial charge in [-0.05, 0) is 24.3 Å². The monoisotopic (exact) mass is 351 g/mol. The van der Waals surface area contributed by atoms with Gasteiger partial charge in [0.15, 0.2) is 0 Å². The first-order chi connectivity index (χ1) is 10.6. The second-order valence-electron chi connectivity index (χ2n) is 4.55. The zero-order valence-electron chi connectivity index (χ0n) is 11.5. The molecule has 3 aromatic rings. The van der Waals surface area contributed by atoms with Gasteiger partial charge in [0, 0.05) is 17.3 Å². The molecule has 0 radical (unpaired) electrons. The Morgan fingerprint density at radius 3 is 2.61 bits per heavy atom. The molecule has 0 bridgehead atoms. The first-order valence-corrected chi connectivity index (χ1v) is 6.67. The Hall–Kier alpha value is -2.42. The standard InChI is InChI=1S/C16H8ClF2N3.ClH/c17-12-6-10(4-5-13(12)18)22-15-9(7-20)8-21-16-11(15)2-1-3-14(16)19;/h1-6,8H,(H,21,22);1H. The molecule has 0 amide bonds. The summed E-state index contributed by atoms with van der Waals surface area (Å²) in [6, 6.07) is 10.6. The normalized spacial score (nSPS) is 10.0. The summed E-state index contributed by atoms with van der Waals surface area (Å²) in [5.74, 6) is -1.03. The number of nitrogens with one attached hydrogen (secondary N) is 1. The number of rotatable bonds is 2. The molecule has 0 unspecified atom stereocenters. The summed E-state index contributed by atoms with van der Waals surface area (Å²) < 4.78 is 27.0. The van der Waals surface area contributed by atoms with Gasteiger partial charge in [-0.3, -0.25) is 4.98 Å². The molecule has 0 saturated carbocycles. The van der Waals surface area contributed by atoms with Crippen LogP contribution in [-0.2, 0) is 0 Å². The fourth-order valence-corrected chi connectivity index (χ4v) is 2.31. The van der Waals surface area contributed by atoms with Crippen molar-refractivity contribution in [2.24, 2.45) is 0 Å². The summed E-state index contributed by atoms with van der Waals surface area (Å²) >= 11 is 5.74. The minimum absolute atomic E-state index is 0. The van der Waals surface area contributed by atoms with Crippen molar-refractivity contribution in [3.8, 4) is 6.07 Å². The largest absolute Gasteiger partial charge is 0.354 e. The Morgan fingerprint density at radius 1 is 1.13 bits per heavy atom. The van der Waals surface area contributed by atoms with Crippen LogP contribution in [0.4, 0.5) is 20.2 Å². The second-order valence-corrected chi connectivity index (χ2v) is 4.96. The number of pyridine rings is 1. The number of aromatic nitrogens is 1. The molecule has 1 N–H and O–H groups in total. The molecule has 3 nitrogen and oxygen atoms in total. The highest BCUT2D eigenvalue weighted by molar-refractivity contribution is 6.31. The van der Waals surface area contributed by atoms with Gasteiger partial charge in [0.2, 0.25) is 0 Å². The maximum atomic E-state index is 13.8. The molecule has 0 aliphatic heterocycles. The Bertz CT molecular complexity index is 923. The van der Waals surface area contributed by atoms with E-state index in [1.54, 1.807) is 6.07 Å². The number of para-hydroxylation sites is 1. The van der Waals surface area contributed by atoms with Gasteiger partial charge in [0.05, 0.1) is 16.3 Å². The molecular formula is C16H9Cl2F2N3. The number of hydrogen-bond acceptors (Lipinski definition) is 3. The maximum absolute atomic E-state index is 13.8. The van der Waals surface area contributed by atoms with Crippen molar-refractivity contribution in [2.75, 3.05) is 5.32 Å². The van der Waals surface area contributed by atoms with Gasteiger partial charge >= 0.3 is 0 Å². The highest BCUT2D eigenvalue weighted by Gasteiger charge is 2.12. The number of hydrogen-bond donors (Lipinski definition) is 1. The average Bonchev–Trinajstić information content (AvgIpc) is 2.52. The van der Waals surface area contributed by atoms with Crippen LogP contribution < -0.4 is 5.32 Å². The molecule has 1 heterocycles. The molecule has 0 aliphatic carbocycles. The van der Waals surface area contributed by atoms with Crippen molar-refractivity contribution >= 4 is 46.3 Å². The van der Waals surface area contributed by atoms with E-state index < -0.39 is 11.6 Å². The van der Waals surface area contributed by atoms with Crippen molar-refractivity contribution in [2.45, 2.75) is 0 Å². The summed E-state index contributed by atoms with van der Waals surface area (Å²) in [6.07, 6.45) is 1.29. The van der Waals surface area contributed by atoms with E-state index in [1.807, 2.05) is 6.07 Å². The molecule has 1 aromatic heterocycles. The van der Waals surface area contributed by atoms with Crippen LogP contribution in [0.25, 0.3) is 10.9 Å². The van der Waals surface area contributed by atoms with Crippen molar-refractivity contribution in [3.05, 3.63) is 64.8 Å². The van der Waals surface area contributed by atoms with Gasteiger partial charge in [-0.25, -0.2) is 8.78 Å². The van der Waals surface area contributed by atoms with E-state index in [0.29, 0.717) is 16.8 Å². The Kier molecular flexibility index (Phi) is 4.99. The van der Waals surface area contributed by atoms with Crippen molar-refractivity contribution in [1.29, 1.82) is 5.26 Å². The molecule has 0 aliphatic rings. The number of benzene rings is 2.